The van der Waals surface area contributed by atoms with Gasteiger partial charge >= 0.3 is 0 Å². The van der Waals surface area contributed by atoms with E-state index in [0.29, 0.717) is 24.3 Å². The molecule has 1 fully saturated rings. The van der Waals surface area contributed by atoms with Gasteiger partial charge < -0.3 is 30.5 Å². The summed E-state index contributed by atoms with van der Waals surface area (Å²) in [4.78, 5) is 42.3. The zero-order valence-corrected chi connectivity index (χ0v) is 25.4. The lowest BCUT2D eigenvalue weighted by atomic mass is 9.84. The van der Waals surface area contributed by atoms with Crippen LogP contribution >= 0.6 is 0 Å². The van der Waals surface area contributed by atoms with Gasteiger partial charge in [0.15, 0.2) is 6.10 Å². The molecule has 0 unspecified atom stereocenters. The Morgan fingerprint density at radius 3 is 2.49 bits per heavy atom. The summed E-state index contributed by atoms with van der Waals surface area (Å²) >= 11 is 0. The van der Waals surface area contributed by atoms with Crippen LogP contribution in [0, 0.1) is 19.3 Å². The minimum Gasteiger partial charge on any atom is -0.508 e. The average Bonchev–Trinajstić information content (AvgIpc) is 3.31. The maximum Gasteiger partial charge on any atom is 0.254 e. The smallest absolute Gasteiger partial charge is 0.254 e. The van der Waals surface area contributed by atoms with Crippen molar-refractivity contribution < 1.29 is 29.3 Å². The molecule has 1 saturated heterocycles. The van der Waals surface area contributed by atoms with E-state index in [0.717, 1.165) is 16.7 Å². The summed E-state index contributed by atoms with van der Waals surface area (Å²) in [5.74, 6) is -0.911. The van der Waals surface area contributed by atoms with Crippen molar-refractivity contribution in [3.05, 3.63) is 94.5 Å². The molecule has 9 heteroatoms. The molecule has 9 nitrogen and oxygen atoms in total. The van der Waals surface area contributed by atoms with E-state index in [1.807, 2.05) is 51.1 Å². The molecule has 228 valence electrons. The van der Waals surface area contributed by atoms with Crippen LogP contribution < -0.4 is 15.4 Å². The summed E-state index contributed by atoms with van der Waals surface area (Å²) in [6.45, 7) is 8.07. The second-order valence-corrected chi connectivity index (χ2v) is 11.8. The summed E-state index contributed by atoms with van der Waals surface area (Å²) < 4.78 is 5.33. The first-order valence-electron chi connectivity index (χ1n) is 14.5. The SMILES string of the molecule is COc1cccc(C[C@H](NC(=O)c2cccc(O)c2C)[C@H](O)C(=O)N2CCC(C)(C)[C@H]2C(=O)NCc2ccccc2C)c1. The average molecular weight is 588 g/mol. The van der Waals surface area contributed by atoms with Crippen molar-refractivity contribution >= 4 is 17.7 Å². The fourth-order valence-electron chi connectivity index (χ4n) is 5.67. The highest BCUT2D eigenvalue weighted by Gasteiger charge is 2.49. The van der Waals surface area contributed by atoms with Gasteiger partial charge in [-0.25, -0.2) is 0 Å². The Morgan fingerprint density at radius 1 is 1.05 bits per heavy atom. The number of phenolic OH excluding ortho intramolecular Hbond substituents is 1. The largest absolute Gasteiger partial charge is 0.508 e. The molecule has 3 atom stereocenters. The van der Waals surface area contributed by atoms with Crippen molar-refractivity contribution in [3.8, 4) is 11.5 Å². The summed E-state index contributed by atoms with van der Waals surface area (Å²) in [7, 11) is 1.54. The second kappa shape index (κ2) is 13.3. The molecule has 1 heterocycles. The molecular weight excluding hydrogens is 546 g/mol. The number of aliphatic hydroxyl groups excluding tert-OH is 1. The van der Waals surface area contributed by atoms with Crippen LogP contribution in [0.15, 0.2) is 66.7 Å². The molecule has 0 aliphatic carbocycles. The molecule has 3 aromatic carbocycles. The normalized spacial score (nSPS) is 17.2. The van der Waals surface area contributed by atoms with Crippen LogP contribution in [0.25, 0.3) is 0 Å². The zero-order valence-electron chi connectivity index (χ0n) is 25.4. The highest BCUT2D eigenvalue weighted by molar-refractivity contribution is 5.97. The number of ether oxygens (including phenoxy) is 1. The zero-order chi connectivity index (χ0) is 31.3. The molecule has 3 aromatic rings. The lowest BCUT2D eigenvalue weighted by molar-refractivity contribution is -0.148. The van der Waals surface area contributed by atoms with E-state index in [4.69, 9.17) is 4.74 Å². The molecule has 4 N–H and O–H groups in total. The van der Waals surface area contributed by atoms with Crippen molar-refractivity contribution in [1.29, 1.82) is 0 Å². The number of benzene rings is 3. The number of phenols is 1. The maximum atomic E-state index is 14.0. The third kappa shape index (κ3) is 7.17. The van der Waals surface area contributed by atoms with Gasteiger partial charge in [0, 0.05) is 24.2 Å². The summed E-state index contributed by atoms with van der Waals surface area (Å²) in [5.41, 5.74) is 2.84. The molecule has 0 radical (unpaired) electrons. The van der Waals surface area contributed by atoms with Gasteiger partial charge in [0.1, 0.15) is 17.5 Å². The van der Waals surface area contributed by atoms with E-state index in [2.05, 4.69) is 10.6 Å². The maximum absolute atomic E-state index is 14.0. The topological polar surface area (TPSA) is 128 Å². The van der Waals surface area contributed by atoms with Crippen LogP contribution in [0.3, 0.4) is 0 Å². The molecule has 1 aliphatic heterocycles. The van der Waals surface area contributed by atoms with Crippen LogP contribution in [0.5, 0.6) is 11.5 Å². The monoisotopic (exact) mass is 587 g/mol. The number of methoxy groups -OCH3 is 1. The number of amides is 3. The minimum absolute atomic E-state index is 0.0348. The number of aliphatic hydroxyl groups is 1. The van der Waals surface area contributed by atoms with E-state index < -0.39 is 35.4 Å². The van der Waals surface area contributed by atoms with Gasteiger partial charge in [-0.3, -0.25) is 14.4 Å². The third-order valence-corrected chi connectivity index (χ3v) is 8.38. The van der Waals surface area contributed by atoms with Crippen molar-refractivity contribution in [2.45, 2.75) is 65.3 Å². The number of likely N-dealkylation sites (tertiary alicyclic amines) is 1. The predicted molar refractivity (Wildman–Crippen MR) is 164 cm³/mol. The summed E-state index contributed by atoms with van der Waals surface area (Å²) in [6.07, 6.45) is -0.952. The number of nitrogens with one attached hydrogen (secondary N) is 2. The fraction of sp³-hybridized carbons (Fsp3) is 0.382. The first kappa shape index (κ1) is 31.6. The highest BCUT2D eigenvalue weighted by atomic mass is 16.5. The molecular formula is C34H41N3O6. The third-order valence-electron chi connectivity index (χ3n) is 8.38. The van der Waals surface area contributed by atoms with Crippen LogP contribution in [0.2, 0.25) is 0 Å². The molecule has 1 aliphatic rings. The molecule has 3 amide bonds. The van der Waals surface area contributed by atoms with Crippen molar-refractivity contribution in [2.24, 2.45) is 5.41 Å². The number of hydrogen-bond acceptors (Lipinski definition) is 6. The summed E-state index contributed by atoms with van der Waals surface area (Å²) in [6, 6.07) is 17.7. The number of aromatic hydroxyl groups is 1. The lowest BCUT2D eigenvalue weighted by Gasteiger charge is -2.34. The highest BCUT2D eigenvalue weighted by Crippen LogP contribution is 2.37. The fourth-order valence-corrected chi connectivity index (χ4v) is 5.67. The molecule has 0 spiro atoms. The van der Waals surface area contributed by atoms with Gasteiger partial charge in [-0.2, -0.15) is 0 Å². The number of carbonyl (C=O) groups excluding carboxylic acids is 3. The van der Waals surface area contributed by atoms with E-state index in [1.54, 1.807) is 44.4 Å². The molecule has 4 rings (SSSR count). The standard InChI is InChI=1S/C34H41N3O6/c1-21-10-6-7-12-24(21)20-35-32(41)30-34(3,4)16-17-37(30)33(42)29(39)27(19-23-11-8-13-25(18-23)43-5)36-31(40)26-14-9-15-28(38)22(26)2/h6-15,18,27,29-30,38-39H,16-17,19-20H2,1-5H3,(H,35,41)(H,36,40)/t27-,29-,30+/m0/s1. The first-order valence-corrected chi connectivity index (χ1v) is 14.5. The Bertz CT molecular complexity index is 1490. The lowest BCUT2D eigenvalue weighted by Crippen LogP contribution is -2.57. The molecule has 43 heavy (non-hydrogen) atoms. The minimum atomic E-state index is -1.65. The van der Waals surface area contributed by atoms with Gasteiger partial charge in [0.25, 0.3) is 11.8 Å². The Balaban J connectivity index is 1.59. The van der Waals surface area contributed by atoms with Crippen LogP contribution in [0.4, 0.5) is 0 Å². The van der Waals surface area contributed by atoms with E-state index in [-0.39, 0.29) is 30.2 Å². The predicted octanol–water partition coefficient (Wildman–Crippen LogP) is 3.66. The van der Waals surface area contributed by atoms with Gasteiger partial charge in [-0.05, 0) is 73.1 Å². The van der Waals surface area contributed by atoms with Crippen molar-refractivity contribution in [3.63, 3.8) is 0 Å². The van der Waals surface area contributed by atoms with E-state index >= 15 is 0 Å². The van der Waals surface area contributed by atoms with Crippen LogP contribution in [0.1, 0.15) is 52.9 Å². The number of aryl methyl sites for hydroxylation is 1. The van der Waals surface area contributed by atoms with E-state index in [9.17, 15) is 24.6 Å². The van der Waals surface area contributed by atoms with Crippen molar-refractivity contribution in [2.75, 3.05) is 13.7 Å². The number of hydrogen-bond donors (Lipinski definition) is 4. The van der Waals surface area contributed by atoms with Gasteiger partial charge in [-0.15, -0.1) is 0 Å². The van der Waals surface area contributed by atoms with Gasteiger partial charge in [-0.1, -0.05) is 56.3 Å². The number of carbonyl (C=O) groups is 3. The number of rotatable bonds is 10. The second-order valence-electron chi connectivity index (χ2n) is 11.8. The quantitative estimate of drug-likeness (QED) is 0.287. The Kier molecular flexibility index (Phi) is 9.76. The Morgan fingerprint density at radius 2 is 1.77 bits per heavy atom. The van der Waals surface area contributed by atoms with Crippen molar-refractivity contribution in [1.82, 2.24) is 15.5 Å². The van der Waals surface area contributed by atoms with Crippen LogP contribution in [-0.4, -0.2) is 64.7 Å². The first-order chi connectivity index (χ1) is 20.4. The van der Waals surface area contributed by atoms with Gasteiger partial charge in [0.2, 0.25) is 5.91 Å². The molecule has 0 aromatic heterocycles. The summed E-state index contributed by atoms with van der Waals surface area (Å²) in [5, 5.41) is 27.5. The number of nitrogens with zero attached hydrogens (tertiary/aromatic N) is 1. The Hall–Kier alpha value is -4.37. The molecule has 0 bridgehead atoms. The molecule has 0 saturated carbocycles. The van der Waals surface area contributed by atoms with Crippen LogP contribution in [-0.2, 0) is 22.6 Å². The Labute approximate surface area is 252 Å². The van der Waals surface area contributed by atoms with E-state index in [1.165, 1.54) is 11.0 Å². The van der Waals surface area contributed by atoms with Gasteiger partial charge in [0.05, 0.1) is 13.2 Å².